The molecule has 0 saturated carbocycles. The zero-order valence-electron chi connectivity index (χ0n) is 12.5. The Balaban J connectivity index is 1.72. The Kier molecular flexibility index (Phi) is 4.23. The highest BCUT2D eigenvalue weighted by atomic mass is 16.5. The fourth-order valence-electron chi connectivity index (χ4n) is 2.23. The molecular weight excluding hydrogens is 280 g/mol. The Bertz CT molecular complexity index is 660. The molecule has 2 aromatic rings. The maximum absolute atomic E-state index is 12.1. The van der Waals surface area contributed by atoms with Gasteiger partial charge in [0.15, 0.2) is 0 Å². The van der Waals surface area contributed by atoms with Gasteiger partial charge in [-0.15, -0.1) is 0 Å². The van der Waals surface area contributed by atoms with E-state index in [1.165, 1.54) is 5.01 Å². The quantitative estimate of drug-likeness (QED) is 0.766. The summed E-state index contributed by atoms with van der Waals surface area (Å²) in [6, 6.07) is 11.0. The average Bonchev–Trinajstić information content (AvgIpc) is 3.18. The van der Waals surface area contributed by atoms with Crippen LogP contribution in [0.2, 0.25) is 0 Å². The second-order valence-corrected chi connectivity index (χ2v) is 5.10. The SMILES string of the molecule is CCCCOc1ccc(N2N=C(c3ccco3)CC2=O)cc1. The Hall–Kier alpha value is -2.56. The molecule has 1 aliphatic rings. The normalized spacial score (nSPS) is 14.3. The van der Waals surface area contributed by atoms with Crippen LogP contribution >= 0.6 is 0 Å². The van der Waals surface area contributed by atoms with Crippen molar-refractivity contribution in [2.24, 2.45) is 5.10 Å². The second-order valence-electron chi connectivity index (χ2n) is 5.10. The number of hydrazone groups is 1. The number of nitrogens with zero attached hydrogens (tertiary/aromatic N) is 2. The van der Waals surface area contributed by atoms with Crippen LogP contribution in [0.5, 0.6) is 5.75 Å². The van der Waals surface area contributed by atoms with Crippen molar-refractivity contribution in [1.82, 2.24) is 0 Å². The lowest BCUT2D eigenvalue weighted by molar-refractivity contribution is -0.116. The van der Waals surface area contributed by atoms with E-state index in [1.807, 2.05) is 24.3 Å². The maximum Gasteiger partial charge on any atom is 0.253 e. The first-order valence-electron chi connectivity index (χ1n) is 7.45. The van der Waals surface area contributed by atoms with E-state index < -0.39 is 0 Å². The molecule has 114 valence electrons. The van der Waals surface area contributed by atoms with Crippen molar-refractivity contribution in [3.8, 4) is 5.75 Å². The van der Waals surface area contributed by atoms with E-state index in [-0.39, 0.29) is 12.3 Å². The zero-order valence-corrected chi connectivity index (χ0v) is 12.5. The Morgan fingerprint density at radius 1 is 1.27 bits per heavy atom. The largest absolute Gasteiger partial charge is 0.494 e. The van der Waals surface area contributed by atoms with Crippen LogP contribution in [0, 0.1) is 0 Å². The Morgan fingerprint density at radius 2 is 2.09 bits per heavy atom. The number of amides is 1. The van der Waals surface area contributed by atoms with E-state index >= 15 is 0 Å². The van der Waals surface area contributed by atoms with Gasteiger partial charge in [-0.25, -0.2) is 5.01 Å². The molecule has 1 aromatic heterocycles. The van der Waals surface area contributed by atoms with Crippen LogP contribution in [0.3, 0.4) is 0 Å². The number of furan rings is 1. The van der Waals surface area contributed by atoms with Crippen molar-refractivity contribution in [2.75, 3.05) is 11.6 Å². The fraction of sp³-hybridized carbons (Fsp3) is 0.294. The molecule has 1 aliphatic heterocycles. The first-order chi connectivity index (χ1) is 10.8. The zero-order chi connectivity index (χ0) is 15.4. The molecule has 0 atom stereocenters. The number of hydrogen-bond acceptors (Lipinski definition) is 4. The molecule has 0 unspecified atom stereocenters. The van der Waals surface area contributed by atoms with E-state index in [0.717, 1.165) is 24.3 Å². The van der Waals surface area contributed by atoms with Crippen molar-refractivity contribution in [2.45, 2.75) is 26.2 Å². The highest BCUT2D eigenvalue weighted by molar-refractivity contribution is 6.18. The standard InChI is InChI=1S/C17H18N2O3/c1-2-3-10-21-14-8-6-13(7-9-14)19-17(20)12-15(18-19)16-5-4-11-22-16/h4-9,11H,2-3,10,12H2,1H3. The van der Waals surface area contributed by atoms with E-state index in [0.29, 0.717) is 18.1 Å². The predicted octanol–water partition coefficient (Wildman–Crippen LogP) is 3.60. The van der Waals surface area contributed by atoms with Crippen LogP contribution in [-0.4, -0.2) is 18.2 Å². The Morgan fingerprint density at radius 3 is 2.77 bits per heavy atom. The minimum atomic E-state index is -0.0638. The van der Waals surface area contributed by atoms with Gasteiger partial charge in [0.2, 0.25) is 0 Å². The molecule has 1 aromatic carbocycles. The molecule has 0 radical (unpaired) electrons. The van der Waals surface area contributed by atoms with E-state index in [1.54, 1.807) is 18.4 Å². The predicted molar refractivity (Wildman–Crippen MR) is 84.2 cm³/mol. The van der Waals surface area contributed by atoms with Crippen molar-refractivity contribution in [3.63, 3.8) is 0 Å². The number of carbonyl (C=O) groups is 1. The lowest BCUT2D eigenvalue weighted by Gasteiger charge is -2.12. The molecule has 2 heterocycles. The van der Waals surface area contributed by atoms with Crippen LogP contribution in [0.4, 0.5) is 5.69 Å². The molecule has 5 nitrogen and oxygen atoms in total. The molecule has 22 heavy (non-hydrogen) atoms. The summed E-state index contributed by atoms with van der Waals surface area (Å²) in [6.07, 6.45) is 3.96. The van der Waals surface area contributed by atoms with Gasteiger partial charge in [-0.3, -0.25) is 4.79 Å². The number of ether oxygens (including phenoxy) is 1. The average molecular weight is 298 g/mol. The lowest BCUT2D eigenvalue weighted by Crippen LogP contribution is -2.19. The van der Waals surface area contributed by atoms with Crippen molar-refractivity contribution >= 4 is 17.3 Å². The van der Waals surface area contributed by atoms with Crippen LogP contribution in [0.1, 0.15) is 31.9 Å². The number of benzene rings is 1. The molecule has 0 fully saturated rings. The van der Waals surface area contributed by atoms with E-state index in [9.17, 15) is 4.79 Å². The monoisotopic (exact) mass is 298 g/mol. The molecule has 0 bridgehead atoms. The van der Waals surface area contributed by atoms with Crippen LogP contribution in [0.15, 0.2) is 52.2 Å². The first kappa shape index (κ1) is 14.4. The minimum absolute atomic E-state index is 0.0638. The number of carbonyl (C=O) groups excluding carboxylic acids is 1. The minimum Gasteiger partial charge on any atom is -0.494 e. The van der Waals surface area contributed by atoms with Crippen molar-refractivity contribution < 1.29 is 13.9 Å². The van der Waals surface area contributed by atoms with Crippen LogP contribution in [-0.2, 0) is 4.79 Å². The molecule has 1 amide bonds. The van der Waals surface area contributed by atoms with Gasteiger partial charge in [0, 0.05) is 0 Å². The van der Waals surface area contributed by atoms with Gasteiger partial charge in [0.05, 0.1) is 25.0 Å². The summed E-state index contributed by atoms with van der Waals surface area (Å²) in [5.74, 6) is 1.38. The molecule has 0 N–H and O–H groups in total. The second kappa shape index (κ2) is 6.47. The van der Waals surface area contributed by atoms with Gasteiger partial charge in [0.25, 0.3) is 5.91 Å². The van der Waals surface area contributed by atoms with Crippen molar-refractivity contribution in [3.05, 3.63) is 48.4 Å². The van der Waals surface area contributed by atoms with Gasteiger partial charge in [-0.2, -0.15) is 5.10 Å². The molecule has 3 rings (SSSR count). The van der Waals surface area contributed by atoms with Gasteiger partial charge >= 0.3 is 0 Å². The first-order valence-corrected chi connectivity index (χ1v) is 7.45. The lowest BCUT2D eigenvalue weighted by atomic mass is 10.2. The summed E-state index contributed by atoms with van der Waals surface area (Å²) < 4.78 is 10.9. The molecule has 0 saturated heterocycles. The maximum atomic E-state index is 12.1. The van der Waals surface area contributed by atoms with Gasteiger partial charge < -0.3 is 9.15 Å². The summed E-state index contributed by atoms with van der Waals surface area (Å²) in [4.78, 5) is 12.1. The van der Waals surface area contributed by atoms with Gasteiger partial charge in [0.1, 0.15) is 17.2 Å². The highest BCUT2D eigenvalue weighted by Gasteiger charge is 2.27. The molecule has 0 spiro atoms. The molecule has 5 heteroatoms. The smallest absolute Gasteiger partial charge is 0.253 e. The summed E-state index contributed by atoms with van der Waals surface area (Å²) in [5.41, 5.74) is 1.38. The van der Waals surface area contributed by atoms with Gasteiger partial charge in [-0.05, 0) is 42.8 Å². The van der Waals surface area contributed by atoms with E-state index in [4.69, 9.17) is 9.15 Å². The number of anilines is 1. The summed E-state index contributed by atoms with van der Waals surface area (Å²) in [7, 11) is 0. The molecule has 0 aliphatic carbocycles. The van der Waals surface area contributed by atoms with Crippen LogP contribution < -0.4 is 9.75 Å². The van der Waals surface area contributed by atoms with Crippen molar-refractivity contribution in [1.29, 1.82) is 0 Å². The number of rotatable bonds is 6. The third-order valence-corrected chi connectivity index (χ3v) is 3.43. The third kappa shape index (κ3) is 3.03. The summed E-state index contributed by atoms with van der Waals surface area (Å²) >= 11 is 0. The summed E-state index contributed by atoms with van der Waals surface area (Å²) in [5, 5.41) is 5.76. The third-order valence-electron chi connectivity index (χ3n) is 3.43. The topological polar surface area (TPSA) is 55.0 Å². The van der Waals surface area contributed by atoms with Crippen LogP contribution in [0.25, 0.3) is 0 Å². The van der Waals surface area contributed by atoms with Gasteiger partial charge in [-0.1, -0.05) is 13.3 Å². The summed E-state index contributed by atoms with van der Waals surface area (Å²) in [6.45, 7) is 2.83. The molecular formula is C17H18N2O3. The number of unbranched alkanes of at least 4 members (excludes halogenated alkanes) is 1. The van der Waals surface area contributed by atoms with E-state index in [2.05, 4.69) is 12.0 Å². The fourth-order valence-corrected chi connectivity index (χ4v) is 2.23. The highest BCUT2D eigenvalue weighted by Crippen LogP contribution is 2.25. The Labute approximate surface area is 129 Å². The number of hydrogen-bond donors (Lipinski definition) is 0.